The second-order valence-electron chi connectivity index (χ2n) is 4.81. The van der Waals surface area contributed by atoms with Gasteiger partial charge in [0.05, 0.1) is 12.7 Å². The molecule has 0 radical (unpaired) electrons. The fourth-order valence-corrected chi connectivity index (χ4v) is 1.80. The van der Waals surface area contributed by atoms with Gasteiger partial charge in [-0.1, -0.05) is 6.07 Å². The van der Waals surface area contributed by atoms with Crippen LogP contribution in [0.5, 0.6) is 11.5 Å². The van der Waals surface area contributed by atoms with Crippen LogP contribution in [-0.2, 0) is 0 Å². The molecule has 0 unspecified atom stereocenters. The van der Waals surface area contributed by atoms with Crippen LogP contribution >= 0.6 is 0 Å². The molecule has 118 valence electrons. The molecule has 2 aromatic rings. The predicted molar refractivity (Wildman–Crippen MR) is 86.7 cm³/mol. The molecule has 3 N–H and O–H groups in total. The lowest BCUT2D eigenvalue weighted by Gasteiger charge is -2.11. The lowest BCUT2D eigenvalue weighted by molar-refractivity contribution is 0.373. The first-order chi connectivity index (χ1) is 10.9. The van der Waals surface area contributed by atoms with Crippen LogP contribution in [-0.4, -0.2) is 41.3 Å². The molecule has 0 saturated heterocycles. The number of phenols is 1. The van der Waals surface area contributed by atoms with Crippen LogP contribution in [0.4, 0.5) is 11.9 Å². The van der Waals surface area contributed by atoms with Crippen LogP contribution in [0.3, 0.4) is 0 Å². The monoisotopic (exact) mass is 312 g/mol. The molecule has 1 heterocycles. The summed E-state index contributed by atoms with van der Waals surface area (Å²) in [6, 6.07) is 6.77. The van der Waals surface area contributed by atoms with Gasteiger partial charge in [0.25, 0.3) is 0 Å². The number of anilines is 2. The third-order valence-corrected chi connectivity index (χ3v) is 2.92. The van der Waals surface area contributed by atoms with Crippen molar-refractivity contribution >= 4 is 23.5 Å². The van der Waals surface area contributed by atoms with E-state index in [1.807, 2.05) is 6.07 Å². The Bertz CT molecular complexity index is 795. The number of allylic oxidation sites excluding steroid dienone is 1. The van der Waals surface area contributed by atoms with E-state index in [2.05, 4.69) is 15.0 Å². The van der Waals surface area contributed by atoms with E-state index in [0.717, 1.165) is 0 Å². The van der Waals surface area contributed by atoms with Crippen molar-refractivity contribution in [1.82, 2.24) is 15.0 Å². The SMILES string of the molecule is COc1cc(C=C(C#N)c2nc(N)nc(N(C)C)n2)ccc1O. The first-order valence-electron chi connectivity index (χ1n) is 6.62. The Morgan fingerprint density at radius 1 is 1.35 bits per heavy atom. The van der Waals surface area contributed by atoms with Gasteiger partial charge in [-0.3, -0.25) is 0 Å². The van der Waals surface area contributed by atoms with Crippen LogP contribution in [0.15, 0.2) is 18.2 Å². The van der Waals surface area contributed by atoms with E-state index in [1.54, 1.807) is 37.2 Å². The average Bonchev–Trinajstić information content (AvgIpc) is 2.53. The maximum atomic E-state index is 9.61. The Morgan fingerprint density at radius 3 is 2.70 bits per heavy atom. The van der Waals surface area contributed by atoms with E-state index in [9.17, 15) is 10.4 Å². The number of rotatable bonds is 4. The minimum absolute atomic E-state index is 0.0162. The number of nitrogens with two attached hydrogens (primary N) is 1. The zero-order valence-electron chi connectivity index (χ0n) is 13.0. The quantitative estimate of drug-likeness (QED) is 0.810. The van der Waals surface area contributed by atoms with Crippen molar-refractivity contribution in [2.75, 3.05) is 31.8 Å². The third kappa shape index (κ3) is 3.65. The summed E-state index contributed by atoms with van der Waals surface area (Å²) in [6.07, 6.45) is 1.58. The molecule has 1 aromatic heterocycles. The number of hydrogen-bond acceptors (Lipinski definition) is 8. The molecule has 2 rings (SSSR count). The Kier molecular flexibility index (Phi) is 4.61. The topological polar surface area (TPSA) is 121 Å². The molecule has 0 aliphatic rings. The summed E-state index contributed by atoms with van der Waals surface area (Å²) in [7, 11) is 4.97. The summed E-state index contributed by atoms with van der Waals surface area (Å²) in [5, 5.41) is 19.0. The van der Waals surface area contributed by atoms with E-state index < -0.39 is 0 Å². The van der Waals surface area contributed by atoms with Gasteiger partial charge in [0, 0.05) is 14.1 Å². The molecule has 0 saturated carbocycles. The molecular formula is C15H16N6O2. The third-order valence-electron chi connectivity index (χ3n) is 2.92. The second kappa shape index (κ2) is 6.62. The van der Waals surface area contributed by atoms with Gasteiger partial charge in [-0.15, -0.1) is 0 Å². The number of nitrogen functional groups attached to an aromatic ring is 1. The molecule has 0 amide bonds. The molecule has 0 spiro atoms. The maximum absolute atomic E-state index is 9.61. The first-order valence-corrected chi connectivity index (χ1v) is 6.62. The molecule has 0 aliphatic carbocycles. The van der Waals surface area contributed by atoms with Gasteiger partial charge in [-0.2, -0.15) is 20.2 Å². The molecule has 1 aromatic carbocycles. The summed E-state index contributed by atoms with van der Waals surface area (Å²) in [5.74, 6) is 0.887. The van der Waals surface area contributed by atoms with Crippen LogP contribution in [0, 0.1) is 11.3 Å². The maximum Gasteiger partial charge on any atom is 0.230 e. The Balaban J connectivity index is 2.50. The highest BCUT2D eigenvalue weighted by molar-refractivity contribution is 5.87. The van der Waals surface area contributed by atoms with Crippen LogP contribution in [0.2, 0.25) is 0 Å². The average molecular weight is 312 g/mol. The number of nitrogens with zero attached hydrogens (tertiary/aromatic N) is 5. The summed E-state index contributed by atoms with van der Waals surface area (Å²) < 4.78 is 5.05. The fourth-order valence-electron chi connectivity index (χ4n) is 1.80. The minimum Gasteiger partial charge on any atom is -0.504 e. The predicted octanol–water partition coefficient (Wildman–Crippen LogP) is 1.30. The normalized spacial score (nSPS) is 11.0. The highest BCUT2D eigenvalue weighted by Gasteiger charge is 2.11. The van der Waals surface area contributed by atoms with Gasteiger partial charge in [-0.25, -0.2) is 0 Å². The lowest BCUT2D eigenvalue weighted by atomic mass is 10.1. The summed E-state index contributed by atoms with van der Waals surface area (Å²) >= 11 is 0. The second-order valence-corrected chi connectivity index (χ2v) is 4.81. The molecule has 8 nitrogen and oxygen atoms in total. The van der Waals surface area contributed by atoms with Crippen LogP contribution in [0.1, 0.15) is 11.4 Å². The zero-order chi connectivity index (χ0) is 17.0. The van der Waals surface area contributed by atoms with Crippen molar-refractivity contribution in [3.63, 3.8) is 0 Å². The zero-order valence-corrected chi connectivity index (χ0v) is 13.0. The van der Waals surface area contributed by atoms with Gasteiger partial charge in [-0.05, 0) is 23.8 Å². The minimum atomic E-state index is 0.0162. The molecule has 0 fully saturated rings. The molecule has 8 heteroatoms. The van der Waals surface area contributed by atoms with Crippen molar-refractivity contribution in [3.05, 3.63) is 29.6 Å². The lowest BCUT2D eigenvalue weighted by Crippen LogP contribution is -2.15. The van der Waals surface area contributed by atoms with Crippen molar-refractivity contribution in [2.24, 2.45) is 0 Å². The number of aromatic nitrogens is 3. The number of aromatic hydroxyl groups is 1. The Labute approximate surface area is 133 Å². The van der Waals surface area contributed by atoms with E-state index in [1.165, 1.54) is 13.2 Å². The van der Waals surface area contributed by atoms with Crippen molar-refractivity contribution in [1.29, 1.82) is 5.26 Å². The molecule has 0 bridgehead atoms. The summed E-state index contributed by atoms with van der Waals surface area (Å²) in [5.41, 5.74) is 6.54. The van der Waals surface area contributed by atoms with Gasteiger partial charge in [0.15, 0.2) is 17.3 Å². The highest BCUT2D eigenvalue weighted by atomic mass is 16.5. The molecule has 23 heavy (non-hydrogen) atoms. The van der Waals surface area contributed by atoms with E-state index in [0.29, 0.717) is 17.3 Å². The number of nitriles is 1. The highest BCUT2D eigenvalue weighted by Crippen LogP contribution is 2.28. The molecular weight excluding hydrogens is 296 g/mol. The van der Waals surface area contributed by atoms with Gasteiger partial charge >= 0.3 is 0 Å². The Morgan fingerprint density at radius 2 is 2.09 bits per heavy atom. The summed E-state index contributed by atoms with van der Waals surface area (Å²) in [6.45, 7) is 0. The Hall–Kier alpha value is -3.34. The molecule has 0 aliphatic heterocycles. The largest absolute Gasteiger partial charge is 0.504 e. The van der Waals surface area contributed by atoms with Crippen molar-refractivity contribution in [2.45, 2.75) is 0 Å². The number of benzene rings is 1. The van der Waals surface area contributed by atoms with Gasteiger partial charge in [0.1, 0.15) is 6.07 Å². The van der Waals surface area contributed by atoms with Gasteiger partial charge < -0.3 is 20.5 Å². The van der Waals surface area contributed by atoms with E-state index in [-0.39, 0.29) is 23.1 Å². The smallest absolute Gasteiger partial charge is 0.230 e. The van der Waals surface area contributed by atoms with Gasteiger partial charge in [0.2, 0.25) is 11.9 Å². The number of methoxy groups -OCH3 is 1. The van der Waals surface area contributed by atoms with E-state index >= 15 is 0 Å². The van der Waals surface area contributed by atoms with Crippen LogP contribution < -0.4 is 15.4 Å². The van der Waals surface area contributed by atoms with Crippen LogP contribution in [0.25, 0.3) is 11.6 Å². The summed E-state index contributed by atoms with van der Waals surface area (Å²) in [4.78, 5) is 13.9. The van der Waals surface area contributed by atoms with Crippen molar-refractivity contribution in [3.8, 4) is 17.6 Å². The van der Waals surface area contributed by atoms with E-state index in [4.69, 9.17) is 10.5 Å². The fraction of sp³-hybridized carbons (Fsp3) is 0.200. The number of ether oxygens (including phenoxy) is 1. The first kappa shape index (κ1) is 16.0. The number of hydrogen-bond donors (Lipinski definition) is 2. The number of phenolic OH excluding ortho intramolecular Hbond substituents is 1. The van der Waals surface area contributed by atoms with Crippen molar-refractivity contribution < 1.29 is 9.84 Å². The molecule has 0 atom stereocenters. The standard InChI is InChI=1S/C15H16N6O2/c1-21(2)15-19-13(18-14(17)20-15)10(8-16)6-9-4-5-11(22)12(7-9)23-3/h4-7,22H,1-3H3,(H2,17,18,19,20).